The summed E-state index contributed by atoms with van der Waals surface area (Å²) >= 11 is 0. The topological polar surface area (TPSA) is 59.0 Å². The normalized spacial score (nSPS) is 24.3. The molecule has 2 rings (SSSR count). The van der Waals surface area contributed by atoms with E-state index in [0.29, 0.717) is 19.1 Å². The lowest BCUT2D eigenvalue weighted by Crippen LogP contribution is -2.44. The summed E-state index contributed by atoms with van der Waals surface area (Å²) in [6.07, 6.45) is 9.20. The van der Waals surface area contributed by atoms with Crippen LogP contribution in [0.3, 0.4) is 0 Å². The highest BCUT2D eigenvalue weighted by molar-refractivity contribution is 5.80. The van der Waals surface area contributed by atoms with Crippen molar-refractivity contribution in [1.82, 2.24) is 4.90 Å². The van der Waals surface area contributed by atoms with E-state index < -0.39 is 6.10 Å². The number of carbonyl (C=O) groups excluding carboxylic acids is 1. The minimum Gasteiger partial charge on any atom is -0.395 e. The van der Waals surface area contributed by atoms with Gasteiger partial charge in [-0.2, -0.15) is 0 Å². The van der Waals surface area contributed by atoms with Gasteiger partial charge in [0.05, 0.1) is 19.3 Å². The van der Waals surface area contributed by atoms with Crippen molar-refractivity contribution in [3.8, 4) is 0 Å². The SMILES string of the molecule is C[C@H](OC[C@H]1CCCCO1)C(=O)N(CCO)CC1CCCCC1. The Labute approximate surface area is 140 Å². The first kappa shape index (κ1) is 18.7. The van der Waals surface area contributed by atoms with E-state index in [9.17, 15) is 9.90 Å². The smallest absolute Gasteiger partial charge is 0.251 e. The molecule has 0 aromatic carbocycles. The Morgan fingerprint density at radius 3 is 2.61 bits per heavy atom. The largest absolute Gasteiger partial charge is 0.395 e. The van der Waals surface area contributed by atoms with Crippen LogP contribution in [0.5, 0.6) is 0 Å². The van der Waals surface area contributed by atoms with Gasteiger partial charge >= 0.3 is 0 Å². The van der Waals surface area contributed by atoms with E-state index in [-0.39, 0.29) is 18.6 Å². The van der Waals surface area contributed by atoms with Gasteiger partial charge in [0, 0.05) is 19.7 Å². The fraction of sp³-hybridized carbons (Fsp3) is 0.944. The van der Waals surface area contributed by atoms with Crippen molar-refractivity contribution in [1.29, 1.82) is 0 Å². The van der Waals surface area contributed by atoms with Crippen molar-refractivity contribution in [2.45, 2.75) is 70.5 Å². The highest BCUT2D eigenvalue weighted by Gasteiger charge is 2.25. The lowest BCUT2D eigenvalue weighted by atomic mass is 9.89. The number of aliphatic hydroxyl groups excluding tert-OH is 1. The second kappa shape index (κ2) is 10.3. The van der Waals surface area contributed by atoms with Crippen molar-refractivity contribution in [3.05, 3.63) is 0 Å². The molecule has 2 fully saturated rings. The summed E-state index contributed by atoms with van der Waals surface area (Å²) in [5.74, 6) is 0.577. The molecule has 1 saturated carbocycles. The van der Waals surface area contributed by atoms with Gasteiger partial charge in [-0.15, -0.1) is 0 Å². The molecule has 1 N–H and O–H groups in total. The molecule has 0 spiro atoms. The Morgan fingerprint density at radius 1 is 1.22 bits per heavy atom. The van der Waals surface area contributed by atoms with Crippen molar-refractivity contribution in [3.63, 3.8) is 0 Å². The molecule has 2 atom stereocenters. The zero-order chi connectivity index (χ0) is 16.5. The molecule has 1 heterocycles. The van der Waals surface area contributed by atoms with Gasteiger partial charge in [0.1, 0.15) is 6.10 Å². The molecule has 23 heavy (non-hydrogen) atoms. The number of hydrogen-bond acceptors (Lipinski definition) is 4. The molecule has 134 valence electrons. The Morgan fingerprint density at radius 2 is 1.96 bits per heavy atom. The molecule has 0 radical (unpaired) electrons. The molecule has 0 aromatic rings. The van der Waals surface area contributed by atoms with E-state index in [4.69, 9.17) is 9.47 Å². The molecular formula is C18H33NO4. The summed E-state index contributed by atoms with van der Waals surface area (Å²) in [7, 11) is 0. The van der Waals surface area contributed by atoms with Gasteiger partial charge in [0.25, 0.3) is 5.91 Å². The summed E-state index contributed by atoms with van der Waals surface area (Å²) in [4.78, 5) is 14.4. The maximum absolute atomic E-state index is 12.6. The minimum absolute atomic E-state index is 0.000401. The average Bonchev–Trinajstić information content (AvgIpc) is 2.60. The Hall–Kier alpha value is -0.650. The van der Waals surface area contributed by atoms with Gasteiger partial charge in [-0.25, -0.2) is 0 Å². The Bertz CT molecular complexity index is 338. The van der Waals surface area contributed by atoms with Crippen LogP contribution in [-0.2, 0) is 14.3 Å². The van der Waals surface area contributed by atoms with Crippen LogP contribution in [0.1, 0.15) is 58.3 Å². The molecule has 5 nitrogen and oxygen atoms in total. The van der Waals surface area contributed by atoms with Crippen LogP contribution < -0.4 is 0 Å². The van der Waals surface area contributed by atoms with Crippen LogP contribution in [0.4, 0.5) is 0 Å². The van der Waals surface area contributed by atoms with Crippen LogP contribution in [0.25, 0.3) is 0 Å². The molecule has 0 bridgehead atoms. The fourth-order valence-electron chi connectivity index (χ4n) is 3.61. The lowest BCUT2D eigenvalue weighted by molar-refractivity contribution is -0.147. The molecule has 1 aliphatic heterocycles. The van der Waals surface area contributed by atoms with Crippen molar-refractivity contribution in [2.24, 2.45) is 5.92 Å². The average molecular weight is 327 g/mol. The number of rotatable bonds is 8. The lowest BCUT2D eigenvalue weighted by Gasteiger charge is -2.31. The monoisotopic (exact) mass is 327 g/mol. The van der Waals surface area contributed by atoms with Crippen molar-refractivity contribution in [2.75, 3.05) is 32.9 Å². The Kier molecular flexibility index (Phi) is 8.34. The van der Waals surface area contributed by atoms with Crippen LogP contribution in [0, 0.1) is 5.92 Å². The second-order valence-corrected chi connectivity index (χ2v) is 6.98. The highest BCUT2D eigenvalue weighted by atomic mass is 16.5. The molecule has 1 amide bonds. The third-order valence-electron chi connectivity index (χ3n) is 5.04. The summed E-state index contributed by atoms with van der Waals surface area (Å²) in [6.45, 7) is 4.28. The van der Waals surface area contributed by atoms with Gasteiger partial charge in [0.2, 0.25) is 0 Å². The molecule has 1 saturated heterocycles. The predicted octanol–water partition coefficient (Wildman–Crippen LogP) is 2.36. The van der Waals surface area contributed by atoms with Crippen molar-refractivity contribution < 1.29 is 19.4 Å². The minimum atomic E-state index is -0.462. The van der Waals surface area contributed by atoms with Crippen LogP contribution in [0.2, 0.25) is 0 Å². The first-order valence-electron chi connectivity index (χ1n) is 9.33. The zero-order valence-corrected chi connectivity index (χ0v) is 14.5. The summed E-state index contributed by atoms with van der Waals surface area (Å²) in [5.41, 5.74) is 0. The first-order chi connectivity index (χ1) is 11.2. The number of nitrogens with zero attached hydrogens (tertiary/aromatic N) is 1. The Balaban J connectivity index is 1.77. The van der Waals surface area contributed by atoms with E-state index in [2.05, 4.69) is 0 Å². The van der Waals surface area contributed by atoms with E-state index >= 15 is 0 Å². The van der Waals surface area contributed by atoms with Gasteiger partial charge in [-0.1, -0.05) is 19.3 Å². The molecule has 2 aliphatic rings. The van der Waals surface area contributed by atoms with Gasteiger partial charge in [-0.3, -0.25) is 4.79 Å². The summed E-state index contributed by atoms with van der Waals surface area (Å²) in [5, 5.41) is 9.28. The number of amides is 1. The second-order valence-electron chi connectivity index (χ2n) is 6.98. The number of aliphatic hydroxyl groups is 1. The number of ether oxygens (including phenoxy) is 2. The molecule has 5 heteroatoms. The predicted molar refractivity (Wildman–Crippen MR) is 89.2 cm³/mol. The van der Waals surface area contributed by atoms with Crippen LogP contribution in [0.15, 0.2) is 0 Å². The molecule has 0 aromatic heterocycles. The maximum atomic E-state index is 12.6. The van der Waals surface area contributed by atoms with Crippen LogP contribution in [-0.4, -0.2) is 61.0 Å². The summed E-state index contributed by atoms with van der Waals surface area (Å²) < 4.78 is 11.4. The third-order valence-corrected chi connectivity index (χ3v) is 5.04. The fourth-order valence-corrected chi connectivity index (χ4v) is 3.61. The third kappa shape index (κ3) is 6.40. The van der Waals surface area contributed by atoms with E-state index in [1.54, 1.807) is 4.90 Å². The van der Waals surface area contributed by atoms with Crippen LogP contribution >= 0.6 is 0 Å². The maximum Gasteiger partial charge on any atom is 0.251 e. The number of hydrogen-bond donors (Lipinski definition) is 1. The molecule has 0 unspecified atom stereocenters. The standard InChI is InChI=1S/C18H33NO4/c1-15(23-14-17-9-5-6-12-22-17)18(21)19(10-11-20)13-16-7-3-2-4-8-16/h15-17,20H,2-14H2,1H3/t15-,17+/m0/s1. The molecular weight excluding hydrogens is 294 g/mol. The quantitative estimate of drug-likeness (QED) is 0.743. The van der Waals surface area contributed by atoms with E-state index in [1.807, 2.05) is 6.92 Å². The number of carbonyl (C=O) groups is 1. The van der Waals surface area contributed by atoms with Gasteiger partial charge in [-0.05, 0) is 44.9 Å². The van der Waals surface area contributed by atoms with Gasteiger partial charge < -0.3 is 19.5 Å². The zero-order valence-electron chi connectivity index (χ0n) is 14.5. The summed E-state index contributed by atoms with van der Waals surface area (Å²) in [6, 6.07) is 0. The highest BCUT2D eigenvalue weighted by Crippen LogP contribution is 2.24. The van der Waals surface area contributed by atoms with E-state index in [0.717, 1.165) is 26.0 Å². The van der Waals surface area contributed by atoms with E-state index in [1.165, 1.54) is 38.5 Å². The van der Waals surface area contributed by atoms with Crippen molar-refractivity contribution >= 4 is 5.91 Å². The first-order valence-corrected chi connectivity index (χ1v) is 9.33. The van der Waals surface area contributed by atoms with Gasteiger partial charge in [0.15, 0.2) is 0 Å². The molecule has 1 aliphatic carbocycles.